The second kappa shape index (κ2) is 12.3. The highest BCUT2D eigenvalue weighted by Crippen LogP contribution is 2.38. The van der Waals surface area contributed by atoms with Crippen LogP contribution in [-0.4, -0.2) is 58.4 Å². The number of hydrazine groups is 2. The number of carbonyl (C=O) groups is 3. The first-order valence-corrected chi connectivity index (χ1v) is 14.3. The van der Waals surface area contributed by atoms with Crippen molar-refractivity contribution >= 4 is 40.8 Å². The summed E-state index contributed by atoms with van der Waals surface area (Å²) >= 11 is 5.99. The number of aromatic nitrogens is 2. The number of carbonyl (C=O) groups excluding carboxylic acids is 3. The molecule has 3 aromatic carbocycles. The molecule has 0 aliphatic carbocycles. The summed E-state index contributed by atoms with van der Waals surface area (Å²) in [5.41, 5.74) is 7.20. The Bertz CT molecular complexity index is 1820. The molecule has 2 amide bonds. The van der Waals surface area contributed by atoms with Gasteiger partial charge in [-0.05, 0) is 59.5 Å². The number of likely N-dealkylation sites (N-methyl/N-ethyl adjacent to an activating group) is 1. The van der Waals surface area contributed by atoms with Gasteiger partial charge in [-0.1, -0.05) is 35.9 Å². The summed E-state index contributed by atoms with van der Waals surface area (Å²) in [6.07, 6.45) is 6.77. The van der Waals surface area contributed by atoms with Crippen LogP contribution in [0.15, 0.2) is 91.3 Å². The lowest BCUT2D eigenvalue weighted by atomic mass is 9.86. The molecule has 0 fully saturated rings. The normalized spacial score (nSPS) is 15.8. The summed E-state index contributed by atoms with van der Waals surface area (Å²) in [5, 5.41) is 5.65. The number of amides is 2. The number of halogens is 2. The standard InChI is InChI=1S/C32H27ClFN7O4/c1-39-27(17-41(38-39)26-8-4-7-25(33)28(26)34)31(43)40-14-13-23-22(20-15-35-18-36-16-20)5-3-6-24(23)29(40)30(42)37-21-11-9-19(10-12-21)32(44)45-2/h3-12,15-18,29,38H,13-14H2,1-2H3,(H,37,42)/t29-/m1/s1. The molecule has 0 spiro atoms. The SMILES string of the molecule is COC(=O)c1ccc(NC(=O)[C@H]2c3cccc(-c4cncnc4)c3CCN2C(=O)C2=CN(c3cccc(Cl)c3F)NN2C)cc1. The number of nitrogens with one attached hydrogen (secondary N) is 2. The minimum atomic E-state index is -1.03. The van der Waals surface area contributed by atoms with E-state index >= 15 is 0 Å². The Morgan fingerprint density at radius 2 is 1.78 bits per heavy atom. The molecule has 2 aliphatic rings. The molecule has 1 atom stereocenters. The average molecular weight is 628 g/mol. The van der Waals surface area contributed by atoms with Crippen molar-refractivity contribution in [3.05, 3.63) is 119 Å². The third-order valence-electron chi connectivity index (χ3n) is 7.66. The van der Waals surface area contributed by atoms with Crippen LogP contribution < -0.4 is 15.9 Å². The zero-order valence-corrected chi connectivity index (χ0v) is 25.0. The second-order valence-corrected chi connectivity index (χ2v) is 10.7. The maximum atomic E-state index is 14.8. The number of rotatable bonds is 6. The molecule has 4 aromatic rings. The van der Waals surface area contributed by atoms with Crippen molar-refractivity contribution in [2.24, 2.45) is 0 Å². The Kier molecular flexibility index (Phi) is 8.16. The number of nitrogens with zero attached hydrogens (tertiary/aromatic N) is 5. The number of benzene rings is 3. The molecule has 0 unspecified atom stereocenters. The van der Waals surface area contributed by atoms with Gasteiger partial charge in [-0.2, -0.15) is 0 Å². The number of anilines is 2. The molecule has 2 N–H and O–H groups in total. The van der Waals surface area contributed by atoms with E-state index in [9.17, 15) is 18.8 Å². The highest BCUT2D eigenvalue weighted by atomic mass is 35.5. The van der Waals surface area contributed by atoms with Crippen molar-refractivity contribution in [3.63, 3.8) is 0 Å². The third kappa shape index (κ3) is 5.68. The summed E-state index contributed by atoms with van der Waals surface area (Å²) in [7, 11) is 2.91. The summed E-state index contributed by atoms with van der Waals surface area (Å²) in [6.45, 7) is 0.215. The lowest BCUT2D eigenvalue weighted by Crippen LogP contribution is -2.48. The average Bonchev–Trinajstić information content (AvgIpc) is 3.46. The molecule has 0 saturated heterocycles. The lowest BCUT2D eigenvalue weighted by molar-refractivity contribution is -0.137. The smallest absolute Gasteiger partial charge is 0.337 e. The number of methoxy groups -OCH3 is 1. The molecule has 45 heavy (non-hydrogen) atoms. The van der Waals surface area contributed by atoms with Gasteiger partial charge >= 0.3 is 5.97 Å². The number of hydrogen-bond acceptors (Lipinski definition) is 9. The van der Waals surface area contributed by atoms with E-state index in [1.807, 2.05) is 18.2 Å². The molecule has 228 valence electrons. The molecule has 0 radical (unpaired) electrons. The van der Waals surface area contributed by atoms with E-state index in [0.29, 0.717) is 23.2 Å². The Balaban J connectivity index is 1.37. The Morgan fingerprint density at radius 1 is 1.04 bits per heavy atom. The number of hydrogen-bond donors (Lipinski definition) is 2. The fourth-order valence-corrected chi connectivity index (χ4v) is 5.67. The molecule has 2 aliphatic heterocycles. The van der Waals surface area contributed by atoms with Crippen molar-refractivity contribution in [1.82, 2.24) is 25.4 Å². The number of esters is 1. The van der Waals surface area contributed by atoms with Gasteiger partial charge in [-0.3, -0.25) is 19.6 Å². The van der Waals surface area contributed by atoms with Gasteiger partial charge < -0.3 is 15.0 Å². The predicted octanol–water partition coefficient (Wildman–Crippen LogP) is 4.50. The highest BCUT2D eigenvalue weighted by molar-refractivity contribution is 6.31. The van der Waals surface area contributed by atoms with E-state index in [2.05, 4.69) is 20.8 Å². The summed E-state index contributed by atoms with van der Waals surface area (Å²) < 4.78 is 19.6. The molecular weight excluding hydrogens is 601 g/mol. The maximum absolute atomic E-state index is 14.8. The van der Waals surface area contributed by atoms with Gasteiger partial charge in [0.15, 0.2) is 5.82 Å². The van der Waals surface area contributed by atoms with E-state index in [1.54, 1.807) is 49.8 Å². The van der Waals surface area contributed by atoms with Crippen LogP contribution in [0.1, 0.15) is 27.5 Å². The van der Waals surface area contributed by atoms with Crippen LogP contribution in [0.25, 0.3) is 11.1 Å². The van der Waals surface area contributed by atoms with Crippen molar-refractivity contribution in [2.75, 3.05) is 31.0 Å². The van der Waals surface area contributed by atoms with Gasteiger partial charge in [0, 0.05) is 37.2 Å². The minimum absolute atomic E-state index is 0.0614. The predicted molar refractivity (Wildman–Crippen MR) is 165 cm³/mol. The maximum Gasteiger partial charge on any atom is 0.337 e. The quantitative estimate of drug-likeness (QED) is 0.298. The molecule has 6 rings (SSSR count). The van der Waals surface area contributed by atoms with Gasteiger partial charge in [0.2, 0.25) is 0 Å². The van der Waals surface area contributed by atoms with E-state index < -0.39 is 29.6 Å². The van der Waals surface area contributed by atoms with Crippen LogP contribution in [0.5, 0.6) is 0 Å². The fraction of sp³-hybridized carbons (Fsp3) is 0.156. The summed E-state index contributed by atoms with van der Waals surface area (Å²) in [6, 6.07) is 15.4. The largest absolute Gasteiger partial charge is 0.465 e. The van der Waals surface area contributed by atoms with Gasteiger partial charge in [0.25, 0.3) is 11.8 Å². The zero-order chi connectivity index (χ0) is 31.7. The molecule has 1 aromatic heterocycles. The fourth-order valence-electron chi connectivity index (χ4n) is 5.50. The Morgan fingerprint density at radius 3 is 2.51 bits per heavy atom. The van der Waals surface area contributed by atoms with E-state index in [4.69, 9.17) is 16.3 Å². The molecule has 0 bridgehead atoms. The van der Waals surface area contributed by atoms with E-state index in [0.717, 1.165) is 16.7 Å². The lowest BCUT2D eigenvalue weighted by Gasteiger charge is -2.38. The van der Waals surface area contributed by atoms with Crippen molar-refractivity contribution in [1.29, 1.82) is 0 Å². The van der Waals surface area contributed by atoms with Crippen LogP contribution in [0.2, 0.25) is 5.02 Å². The monoisotopic (exact) mass is 627 g/mol. The van der Waals surface area contributed by atoms with Crippen LogP contribution in [0.3, 0.4) is 0 Å². The Labute approximate surface area is 262 Å². The van der Waals surface area contributed by atoms with Crippen LogP contribution >= 0.6 is 11.6 Å². The molecular formula is C32H27ClFN7O4. The number of fused-ring (bicyclic) bond motifs is 1. The van der Waals surface area contributed by atoms with E-state index in [1.165, 1.54) is 46.7 Å². The van der Waals surface area contributed by atoms with Crippen molar-refractivity contribution < 1.29 is 23.5 Å². The number of ether oxygens (including phenoxy) is 1. The highest BCUT2D eigenvalue weighted by Gasteiger charge is 2.40. The first-order chi connectivity index (χ1) is 21.8. The first kappa shape index (κ1) is 29.7. The van der Waals surface area contributed by atoms with E-state index in [-0.39, 0.29) is 23.0 Å². The summed E-state index contributed by atoms with van der Waals surface area (Å²) in [4.78, 5) is 50.0. The van der Waals surface area contributed by atoms with Crippen LogP contribution in [0, 0.1) is 5.82 Å². The van der Waals surface area contributed by atoms with Crippen LogP contribution in [0.4, 0.5) is 15.8 Å². The van der Waals surface area contributed by atoms with Gasteiger partial charge in [0.1, 0.15) is 18.1 Å². The second-order valence-electron chi connectivity index (χ2n) is 10.3. The minimum Gasteiger partial charge on any atom is -0.465 e. The molecule has 11 nitrogen and oxygen atoms in total. The van der Waals surface area contributed by atoms with Gasteiger partial charge in [0.05, 0.1) is 29.6 Å². The van der Waals surface area contributed by atoms with Crippen molar-refractivity contribution in [3.8, 4) is 11.1 Å². The molecule has 0 saturated carbocycles. The Hall–Kier alpha value is -5.33. The third-order valence-corrected chi connectivity index (χ3v) is 7.95. The topological polar surface area (TPSA) is 120 Å². The summed E-state index contributed by atoms with van der Waals surface area (Å²) in [5.74, 6) is -2.05. The van der Waals surface area contributed by atoms with Gasteiger partial charge in [-0.25, -0.2) is 19.2 Å². The molecule has 13 heteroatoms. The first-order valence-electron chi connectivity index (χ1n) is 13.9. The zero-order valence-electron chi connectivity index (χ0n) is 24.2. The van der Waals surface area contributed by atoms with Crippen molar-refractivity contribution in [2.45, 2.75) is 12.5 Å². The molecule has 3 heterocycles. The van der Waals surface area contributed by atoms with Gasteiger partial charge in [-0.15, -0.1) is 5.53 Å². The van der Waals surface area contributed by atoms with Crippen LogP contribution in [-0.2, 0) is 20.7 Å².